The van der Waals surface area contributed by atoms with Gasteiger partial charge >= 0.3 is 0 Å². The topological polar surface area (TPSA) is 0 Å². The largest absolute Gasteiger partial charge is 0.247 e. The molecule has 1 rings (SSSR count). The van der Waals surface area contributed by atoms with Crippen molar-refractivity contribution in [2.24, 2.45) is 23.7 Å². The van der Waals surface area contributed by atoms with Gasteiger partial charge in [0.05, 0.1) is 0 Å². The molecule has 1 heteroatoms. The van der Waals surface area contributed by atoms with Crippen molar-refractivity contribution in [1.29, 1.82) is 0 Å². The number of halogens is 1. The van der Waals surface area contributed by atoms with Crippen LogP contribution in [0.4, 0.5) is 4.39 Å². The molecule has 0 radical (unpaired) electrons. The highest BCUT2D eigenvalue weighted by atomic mass is 19.1. The fourth-order valence-electron chi connectivity index (χ4n) is 2.83. The molecule has 0 amide bonds. The Morgan fingerprint density at radius 2 is 1.64 bits per heavy atom. The van der Waals surface area contributed by atoms with E-state index in [0.29, 0.717) is 23.7 Å². The van der Waals surface area contributed by atoms with Crippen molar-refractivity contribution in [1.82, 2.24) is 0 Å². The lowest BCUT2D eigenvalue weighted by molar-refractivity contribution is 0.187. The third-order valence-electron chi connectivity index (χ3n) is 4.24. The van der Waals surface area contributed by atoms with E-state index < -0.39 is 6.17 Å². The first-order chi connectivity index (χ1) is 6.56. The molecular formula is C13H25F. The summed E-state index contributed by atoms with van der Waals surface area (Å²) in [5.41, 5.74) is 0. The molecule has 1 saturated carbocycles. The van der Waals surface area contributed by atoms with Gasteiger partial charge in [0.25, 0.3) is 0 Å². The SMILES string of the molecule is CCCC1CC(C)C(C)[C@H](C)CC1F. The monoisotopic (exact) mass is 200 g/mol. The maximum absolute atomic E-state index is 13.9. The Labute approximate surface area is 88.3 Å². The average molecular weight is 200 g/mol. The van der Waals surface area contributed by atoms with Crippen molar-refractivity contribution >= 4 is 0 Å². The Bertz CT molecular complexity index is 167. The molecule has 0 aromatic heterocycles. The Morgan fingerprint density at radius 3 is 2.21 bits per heavy atom. The standard InChI is InChI=1S/C13H25F/c1-5-6-12-7-9(2)11(4)10(3)8-13(12)14/h9-13H,5-8H2,1-4H3/t9?,10-,11?,12?,13?/m1/s1. The van der Waals surface area contributed by atoms with Crippen LogP contribution >= 0.6 is 0 Å². The van der Waals surface area contributed by atoms with Crippen LogP contribution in [0.1, 0.15) is 53.4 Å². The molecular weight excluding hydrogens is 175 g/mol. The number of alkyl halides is 1. The minimum absolute atomic E-state index is 0.336. The molecule has 84 valence electrons. The fraction of sp³-hybridized carbons (Fsp3) is 1.00. The van der Waals surface area contributed by atoms with Gasteiger partial charge in [0.1, 0.15) is 6.17 Å². The predicted molar refractivity (Wildman–Crippen MR) is 60.0 cm³/mol. The van der Waals surface area contributed by atoms with Crippen LogP contribution in [0.15, 0.2) is 0 Å². The first kappa shape index (κ1) is 12.0. The lowest BCUT2D eigenvalue weighted by Crippen LogP contribution is -2.16. The van der Waals surface area contributed by atoms with E-state index in [1.807, 2.05) is 0 Å². The van der Waals surface area contributed by atoms with Crippen LogP contribution in [-0.2, 0) is 0 Å². The van der Waals surface area contributed by atoms with Gasteiger partial charge in [0.15, 0.2) is 0 Å². The summed E-state index contributed by atoms with van der Waals surface area (Å²) in [6, 6.07) is 0. The van der Waals surface area contributed by atoms with Gasteiger partial charge in [-0.3, -0.25) is 0 Å². The summed E-state index contributed by atoms with van der Waals surface area (Å²) in [4.78, 5) is 0. The maximum atomic E-state index is 13.9. The van der Waals surface area contributed by atoms with Crippen LogP contribution < -0.4 is 0 Å². The minimum atomic E-state index is -0.544. The highest BCUT2D eigenvalue weighted by molar-refractivity contribution is 4.82. The van der Waals surface area contributed by atoms with Crippen molar-refractivity contribution in [3.05, 3.63) is 0 Å². The first-order valence-electron chi connectivity index (χ1n) is 6.20. The molecule has 0 aromatic carbocycles. The van der Waals surface area contributed by atoms with Crippen LogP contribution in [0.2, 0.25) is 0 Å². The summed E-state index contributed by atoms with van der Waals surface area (Å²) in [5, 5.41) is 0. The highest BCUT2D eigenvalue weighted by Crippen LogP contribution is 2.38. The second-order valence-electron chi connectivity index (χ2n) is 5.35. The average Bonchev–Trinajstić information content (AvgIpc) is 2.21. The van der Waals surface area contributed by atoms with Gasteiger partial charge in [-0.2, -0.15) is 0 Å². The summed E-state index contributed by atoms with van der Waals surface area (Å²) in [7, 11) is 0. The molecule has 0 heterocycles. The molecule has 0 aromatic rings. The zero-order valence-corrected chi connectivity index (χ0v) is 10.1. The lowest BCUT2D eigenvalue weighted by Gasteiger charge is -2.22. The molecule has 0 saturated heterocycles. The van der Waals surface area contributed by atoms with Crippen LogP contribution in [0.3, 0.4) is 0 Å². The van der Waals surface area contributed by atoms with Gasteiger partial charge < -0.3 is 0 Å². The van der Waals surface area contributed by atoms with E-state index >= 15 is 0 Å². The molecule has 0 bridgehead atoms. The Balaban J connectivity index is 2.63. The second kappa shape index (κ2) is 5.14. The van der Waals surface area contributed by atoms with Crippen molar-refractivity contribution < 1.29 is 4.39 Å². The van der Waals surface area contributed by atoms with Crippen molar-refractivity contribution in [3.8, 4) is 0 Å². The Morgan fingerprint density at radius 1 is 1.07 bits per heavy atom. The third-order valence-corrected chi connectivity index (χ3v) is 4.24. The summed E-state index contributed by atoms with van der Waals surface area (Å²) < 4.78 is 13.9. The number of hydrogen-bond acceptors (Lipinski definition) is 0. The van der Waals surface area contributed by atoms with Crippen molar-refractivity contribution in [2.75, 3.05) is 0 Å². The molecule has 1 aliphatic rings. The van der Waals surface area contributed by atoms with Gasteiger partial charge in [0, 0.05) is 0 Å². The molecule has 1 fully saturated rings. The first-order valence-corrected chi connectivity index (χ1v) is 6.20. The molecule has 0 N–H and O–H groups in total. The van der Waals surface area contributed by atoms with Crippen LogP contribution in [-0.4, -0.2) is 6.17 Å². The minimum Gasteiger partial charge on any atom is -0.247 e. The van der Waals surface area contributed by atoms with Gasteiger partial charge in [-0.05, 0) is 42.9 Å². The summed E-state index contributed by atoms with van der Waals surface area (Å²) >= 11 is 0. The lowest BCUT2D eigenvalue weighted by atomic mass is 9.83. The van der Waals surface area contributed by atoms with E-state index in [1.54, 1.807) is 0 Å². The Kier molecular flexibility index (Phi) is 4.40. The summed E-state index contributed by atoms with van der Waals surface area (Å²) in [6.45, 7) is 8.95. The Hall–Kier alpha value is -0.0700. The van der Waals surface area contributed by atoms with E-state index in [9.17, 15) is 4.39 Å². The van der Waals surface area contributed by atoms with Gasteiger partial charge in [-0.25, -0.2) is 4.39 Å². The maximum Gasteiger partial charge on any atom is 0.103 e. The van der Waals surface area contributed by atoms with Gasteiger partial charge in [-0.1, -0.05) is 34.1 Å². The van der Waals surface area contributed by atoms with E-state index in [0.717, 1.165) is 25.7 Å². The zero-order valence-electron chi connectivity index (χ0n) is 10.1. The highest BCUT2D eigenvalue weighted by Gasteiger charge is 2.33. The smallest absolute Gasteiger partial charge is 0.103 e. The summed E-state index contributed by atoms with van der Waals surface area (Å²) in [5.74, 6) is 2.28. The van der Waals surface area contributed by atoms with E-state index in [4.69, 9.17) is 0 Å². The predicted octanol–water partition coefficient (Wildman–Crippen LogP) is 4.44. The third kappa shape index (κ3) is 2.71. The van der Waals surface area contributed by atoms with Gasteiger partial charge in [-0.15, -0.1) is 0 Å². The molecule has 5 atom stereocenters. The fourth-order valence-corrected chi connectivity index (χ4v) is 2.83. The van der Waals surface area contributed by atoms with Crippen molar-refractivity contribution in [3.63, 3.8) is 0 Å². The van der Waals surface area contributed by atoms with Crippen molar-refractivity contribution in [2.45, 2.75) is 59.5 Å². The molecule has 0 spiro atoms. The summed E-state index contributed by atoms with van der Waals surface area (Å²) in [6.07, 6.45) is 3.54. The van der Waals surface area contributed by atoms with E-state index in [1.165, 1.54) is 0 Å². The number of hydrogen-bond donors (Lipinski definition) is 0. The van der Waals surface area contributed by atoms with Crippen LogP contribution in [0, 0.1) is 23.7 Å². The second-order valence-corrected chi connectivity index (χ2v) is 5.35. The molecule has 0 aliphatic heterocycles. The van der Waals surface area contributed by atoms with Crippen LogP contribution in [0.25, 0.3) is 0 Å². The molecule has 4 unspecified atom stereocenters. The molecule has 1 aliphatic carbocycles. The quantitative estimate of drug-likeness (QED) is 0.578. The van der Waals surface area contributed by atoms with E-state index in [2.05, 4.69) is 27.7 Å². The molecule has 0 nitrogen and oxygen atoms in total. The van der Waals surface area contributed by atoms with Gasteiger partial charge in [0.2, 0.25) is 0 Å². The number of rotatable bonds is 2. The molecule has 14 heavy (non-hydrogen) atoms. The normalized spacial score (nSPS) is 44.8. The zero-order chi connectivity index (χ0) is 10.7. The van der Waals surface area contributed by atoms with E-state index in [-0.39, 0.29) is 0 Å². The van der Waals surface area contributed by atoms with Crippen LogP contribution in [0.5, 0.6) is 0 Å².